The molecule has 1 aliphatic heterocycles. The van der Waals surface area contributed by atoms with E-state index in [2.05, 4.69) is 44.9 Å². The lowest BCUT2D eigenvalue weighted by Gasteiger charge is -2.22. The Morgan fingerprint density at radius 3 is 2.15 bits per heavy atom. The first-order valence-corrected chi connectivity index (χ1v) is 14.5. The predicted octanol–water partition coefficient (Wildman–Crippen LogP) is 5.63. The van der Waals surface area contributed by atoms with E-state index in [1.54, 1.807) is 18.1 Å². The lowest BCUT2D eigenvalue weighted by Crippen LogP contribution is -2.40. The van der Waals surface area contributed by atoms with E-state index in [-0.39, 0.29) is 17.7 Å². The van der Waals surface area contributed by atoms with E-state index < -0.39 is 11.3 Å². The van der Waals surface area contributed by atoms with Gasteiger partial charge in [0.2, 0.25) is 11.8 Å². The maximum atomic E-state index is 13.3. The molecule has 8 heteroatoms. The molecule has 0 saturated carbocycles. The molecular formula is C33H33N5O2S. The highest BCUT2D eigenvalue weighted by atomic mass is 32.2. The van der Waals surface area contributed by atoms with Gasteiger partial charge < -0.3 is 10.6 Å². The fraction of sp³-hybridized carbons (Fsp3) is 0.212. The minimum atomic E-state index is -0.403. The molecule has 0 spiro atoms. The van der Waals surface area contributed by atoms with Gasteiger partial charge in [-0.25, -0.2) is 0 Å². The zero-order valence-electron chi connectivity index (χ0n) is 23.1. The number of rotatable bonds is 10. The molecule has 0 radical (unpaired) electrons. The van der Waals surface area contributed by atoms with Crippen molar-refractivity contribution in [2.45, 2.75) is 30.7 Å². The van der Waals surface area contributed by atoms with Gasteiger partial charge in [0.1, 0.15) is 5.25 Å². The van der Waals surface area contributed by atoms with Gasteiger partial charge in [-0.1, -0.05) is 90.6 Å². The summed E-state index contributed by atoms with van der Waals surface area (Å²) >= 11 is 1.43. The summed E-state index contributed by atoms with van der Waals surface area (Å²) in [6.45, 7) is 2.87. The Labute approximate surface area is 245 Å². The molecular weight excluding hydrogens is 530 g/mol. The summed E-state index contributed by atoms with van der Waals surface area (Å²) in [6, 6.07) is 33.4. The SMILES string of the molecule is CN=C1SC(c2ccc(NC(=O)[C@H](C)NCC(c3ccccc3)c3ccccc3)cc2)C(=O)N1Cc1ccccn1. The minimum absolute atomic E-state index is 0.0257. The molecule has 1 saturated heterocycles. The fourth-order valence-corrected chi connectivity index (χ4v) is 5.94. The van der Waals surface area contributed by atoms with Crippen molar-refractivity contribution in [3.63, 3.8) is 0 Å². The zero-order valence-corrected chi connectivity index (χ0v) is 23.9. The van der Waals surface area contributed by atoms with Crippen LogP contribution < -0.4 is 10.6 Å². The van der Waals surface area contributed by atoms with Crippen LogP contribution >= 0.6 is 11.8 Å². The number of carbonyl (C=O) groups excluding carboxylic acids is 2. The van der Waals surface area contributed by atoms with E-state index >= 15 is 0 Å². The quantitative estimate of drug-likeness (QED) is 0.261. The number of nitrogens with zero attached hydrogens (tertiary/aromatic N) is 3. The van der Waals surface area contributed by atoms with E-state index in [1.807, 2.05) is 85.8 Å². The molecule has 0 bridgehead atoms. The highest BCUT2D eigenvalue weighted by Gasteiger charge is 2.38. The number of hydrogen-bond donors (Lipinski definition) is 2. The summed E-state index contributed by atoms with van der Waals surface area (Å²) in [7, 11) is 1.69. The maximum Gasteiger partial charge on any atom is 0.247 e. The Balaban J connectivity index is 1.20. The first kappa shape index (κ1) is 28.3. The van der Waals surface area contributed by atoms with Crippen molar-refractivity contribution in [2.24, 2.45) is 4.99 Å². The molecule has 2 heterocycles. The zero-order chi connectivity index (χ0) is 28.6. The van der Waals surface area contributed by atoms with E-state index in [4.69, 9.17) is 0 Å². The van der Waals surface area contributed by atoms with E-state index in [0.29, 0.717) is 23.9 Å². The molecule has 2 amide bonds. The van der Waals surface area contributed by atoms with Crippen LogP contribution in [0.1, 0.15) is 40.5 Å². The summed E-state index contributed by atoms with van der Waals surface area (Å²) in [6.07, 6.45) is 1.72. The predicted molar refractivity (Wildman–Crippen MR) is 166 cm³/mol. The average Bonchev–Trinajstić information content (AvgIpc) is 3.33. The summed E-state index contributed by atoms with van der Waals surface area (Å²) in [5, 5.41) is 6.69. The monoisotopic (exact) mass is 563 g/mol. The number of nitrogens with one attached hydrogen (secondary N) is 2. The van der Waals surface area contributed by atoms with Crippen molar-refractivity contribution in [1.82, 2.24) is 15.2 Å². The molecule has 1 aliphatic rings. The van der Waals surface area contributed by atoms with E-state index in [1.165, 1.54) is 22.9 Å². The molecule has 2 N–H and O–H groups in total. The first-order chi connectivity index (χ1) is 20.0. The van der Waals surface area contributed by atoms with E-state index in [0.717, 1.165) is 11.3 Å². The van der Waals surface area contributed by atoms with Crippen molar-refractivity contribution < 1.29 is 9.59 Å². The molecule has 3 aromatic carbocycles. The number of pyridine rings is 1. The molecule has 1 aromatic heterocycles. The van der Waals surface area contributed by atoms with Crippen molar-refractivity contribution in [3.8, 4) is 0 Å². The van der Waals surface area contributed by atoms with Crippen LogP contribution in [0.15, 0.2) is 114 Å². The van der Waals surface area contributed by atoms with Crippen LogP contribution in [0.25, 0.3) is 0 Å². The number of amides is 2. The lowest BCUT2D eigenvalue weighted by molar-refractivity contribution is -0.126. The van der Waals surface area contributed by atoms with Gasteiger partial charge in [-0.2, -0.15) is 0 Å². The molecule has 5 rings (SSSR count). The molecule has 1 unspecified atom stereocenters. The van der Waals surface area contributed by atoms with Crippen LogP contribution in [0.4, 0.5) is 5.69 Å². The fourth-order valence-electron chi connectivity index (χ4n) is 4.82. The topological polar surface area (TPSA) is 86.7 Å². The molecule has 0 aliphatic carbocycles. The summed E-state index contributed by atoms with van der Waals surface area (Å²) in [4.78, 5) is 36.7. The van der Waals surface area contributed by atoms with Crippen LogP contribution in [0, 0.1) is 0 Å². The van der Waals surface area contributed by atoms with Crippen molar-refractivity contribution in [1.29, 1.82) is 0 Å². The number of thioether (sulfide) groups is 1. The second-order valence-corrected chi connectivity index (χ2v) is 10.9. The van der Waals surface area contributed by atoms with Crippen molar-refractivity contribution in [2.75, 3.05) is 18.9 Å². The first-order valence-electron chi connectivity index (χ1n) is 13.6. The van der Waals surface area contributed by atoms with Crippen LogP contribution in [0.5, 0.6) is 0 Å². The highest BCUT2D eigenvalue weighted by Crippen LogP contribution is 2.40. The van der Waals surface area contributed by atoms with Gasteiger partial charge in [-0.05, 0) is 47.9 Å². The number of aromatic nitrogens is 1. The van der Waals surface area contributed by atoms with Gasteiger partial charge in [0.15, 0.2) is 5.17 Å². The standard InChI is InChI=1S/C33H33N5O2S/c1-23(36-21-29(24-11-5-3-6-12-24)25-13-7-4-8-14-25)31(39)37-27-18-16-26(17-19-27)30-32(40)38(33(34-2)41-30)22-28-15-9-10-20-35-28/h3-20,23,29-30,36H,21-22H2,1-2H3,(H,37,39)/t23-,30?/m0/s1. The Morgan fingerprint density at radius 2 is 1.56 bits per heavy atom. The van der Waals surface area contributed by atoms with Crippen molar-refractivity contribution in [3.05, 3.63) is 132 Å². The molecule has 7 nitrogen and oxygen atoms in total. The van der Waals surface area contributed by atoms with Crippen LogP contribution in [-0.4, -0.2) is 46.5 Å². The number of amidine groups is 1. The highest BCUT2D eigenvalue weighted by molar-refractivity contribution is 8.15. The number of carbonyl (C=O) groups is 2. The normalized spacial score (nSPS) is 16.8. The Kier molecular flexibility index (Phi) is 9.23. The largest absolute Gasteiger partial charge is 0.325 e. The second-order valence-electron chi connectivity index (χ2n) is 9.86. The van der Waals surface area contributed by atoms with Gasteiger partial charge >= 0.3 is 0 Å². The van der Waals surface area contributed by atoms with Gasteiger partial charge in [0, 0.05) is 31.4 Å². The Hall–Kier alpha value is -4.27. The lowest BCUT2D eigenvalue weighted by atomic mass is 9.91. The van der Waals surface area contributed by atoms with E-state index in [9.17, 15) is 9.59 Å². The van der Waals surface area contributed by atoms with Crippen LogP contribution in [0.3, 0.4) is 0 Å². The number of hydrogen-bond acceptors (Lipinski definition) is 6. The van der Waals surface area contributed by atoms with Crippen LogP contribution in [-0.2, 0) is 16.1 Å². The number of aliphatic imine (C=N–C) groups is 1. The molecule has 41 heavy (non-hydrogen) atoms. The Morgan fingerprint density at radius 1 is 0.927 bits per heavy atom. The average molecular weight is 564 g/mol. The van der Waals surface area contributed by atoms with Gasteiger partial charge in [0.25, 0.3) is 0 Å². The van der Waals surface area contributed by atoms with Crippen molar-refractivity contribution >= 4 is 34.4 Å². The Bertz CT molecular complexity index is 1440. The summed E-state index contributed by atoms with van der Waals surface area (Å²) in [5.74, 6) is -0.0182. The maximum absolute atomic E-state index is 13.3. The minimum Gasteiger partial charge on any atom is -0.325 e. The third-order valence-corrected chi connectivity index (χ3v) is 8.41. The third kappa shape index (κ3) is 6.90. The molecule has 2 atom stereocenters. The third-order valence-electron chi connectivity index (χ3n) is 7.09. The van der Waals surface area contributed by atoms with Gasteiger partial charge in [0.05, 0.1) is 18.3 Å². The second kappa shape index (κ2) is 13.4. The van der Waals surface area contributed by atoms with Crippen LogP contribution in [0.2, 0.25) is 0 Å². The van der Waals surface area contributed by atoms with Gasteiger partial charge in [-0.15, -0.1) is 0 Å². The smallest absolute Gasteiger partial charge is 0.247 e. The molecule has 1 fully saturated rings. The summed E-state index contributed by atoms with van der Waals surface area (Å²) in [5.41, 5.74) is 4.75. The summed E-state index contributed by atoms with van der Waals surface area (Å²) < 4.78 is 0. The number of benzene rings is 3. The molecule has 208 valence electrons. The molecule has 4 aromatic rings. The van der Waals surface area contributed by atoms with Gasteiger partial charge in [-0.3, -0.25) is 24.5 Å². The number of anilines is 1.